The lowest BCUT2D eigenvalue weighted by Gasteiger charge is -1.91. The maximum absolute atomic E-state index is 10.5. The van der Waals surface area contributed by atoms with Crippen molar-refractivity contribution in [3.05, 3.63) is 30.2 Å². The van der Waals surface area contributed by atoms with Crippen molar-refractivity contribution in [2.75, 3.05) is 0 Å². The van der Waals surface area contributed by atoms with Crippen LogP contribution in [0.1, 0.15) is 5.69 Å². The quantitative estimate of drug-likeness (QED) is 0.671. The van der Waals surface area contributed by atoms with Gasteiger partial charge in [0.2, 0.25) is 5.91 Å². The number of aromatic nitrogens is 3. The number of hydrogen-bond acceptors (Lipinski definition) is 3. The average Bonchev–Trinajstić information content (AvgIpc) is 2.61. The lowest BCUT2D eigenvalue weighted by Crippen LogP contribution is -2.05. The second-order valence-corrected chi connectivity index (χ2v) is 2.80. The summed E-state index contributed by atoms with van der Waals surface area (Å²) in [5.74, 6) is -0.487. The molecule has 2 aromatic heterocycles. The van der Waals surface area contributed by atoms with Crippen LogP contribution in [0.4, 0.5) is 0 Å². The molecule has 0 spiro atoms. The normalized spacial score (nSPS) is 11.1. The first-order valence-corrected chi connectivity index (χ1v) is 4.02. The van der Waals surface area contributed by atoms with Crippen molar-refractivity contribution in [3.8, 4) is 0 Å². The highest BCUT2D eigenvalue weighted by Crippen LogP contribution is 2.10. The van der Waals surface area contributed by atoms with Gasteiger partial charge >= 0.3 is 0 Å². The number of primary amides is 1. The van der Waals surface area contributed by atoms with Crippen LogP contribution in [0.15, 0.2) is 24.5 Å². The summed E-state index contributed by atoms with van der Waals surface area (Å²) in [6.07, 6.45) is 6.19. The molecule has 2 aromatic rings. The average molecular weight is 188 g/mol. The van der Waals surface area contributed by atoms with Gasteiger partial charge in [0, 0.05) is 11.5 Å². The summed E-state index contributed by atoms with van der Waals surface area (Å²) in [5.41, 5.74) is 6.50. The van der Waals surface area contributed by atoms with Gasteiger partial charge in [-0.2, -0.15) is 5.10 Å². The molecule has 2 rings (SSSR count). The second kappa shape index (κ2) is 3.29. The third-order valence-corrected chi connectivity index (χ3v) is 1.76. The minimum atomic E-state index is -0.487. The first-order valence-electron chi connectivity index (χ1n) is 4.02. The summed E-state index contributed by atoms with van der Waals surface area (Å²) < 4.78 is 0. The number of fused-ring (bicyclic) bond motifs is 1. The van der Waals surface area contributed by atoms with Crippen molar-refractivity contribution >= 4 is 22.9 Å². The Morgan fingerprint density at radius 1 is 1.50 bits per heavy atom. The summed E-state index contributed by atoms with van der Waals surface area (Å²) in [6, 6.07) is 1.82. The summed E-state index contributed by atoms with van der Waals surface area (Å²) >= 11 is 0. The van der Waals surface area contributed by atoms with E-state index in [9.17, 15) is 4.79 Å². The number of carbonyl (C=O) groups excluding carboxylic acids is 1. The molecule has 0 unspecified atom stereocenters. The molecule has 0 aliphatic rings. The van der Waals surface area contributed by atoms with Crippen LogP contribution >= 0.6 is 0 Å². The van der Waals surface area contributed by atoms with E-state index in [4.69, 9.17) is 5.73 Å². The minimum absolute atomic E-state index is 0.487. The van der Waals surface area contributed by atoms with Gasteiger partial charge in [-0.15, -0.1) is 0 Å². The molecule has 1 amide bonds. The van der Waals surface area contributed by atoms with Crippen molar-refractivity contribution in [2.24, 2.45) is 5.73 Å². The topological polar surface area (TPSA) is 84.7 Å². The Kier molecular flexibility index (Phi) is 1.98. The van der Waals surface area contributed by atoms with Crippen LogP contribution in [0.25, 0.3) is 17.0 Å². The first-order chi connectivity index (χ1) is 6.75. The van der Waals surface area contributed by atoms with E-state index >= 15 is 0 Å². The van der Waals surface area contributed by atoms with Crippen LogP contribution in [0.2, 0.25) is 0 Å². The zero-order valence-corrected chi connectivity index (χ0v) is 7.27. The van der Waals surface area contributed by atoms with Gasteiger partial charge in [-0.1, -0.05) is 0 Å². The Morgan fingerprint density at radius 3 is 3.14 bits per heavy atom. The summed E-state index contributed by atoms with van der Waals surface area (Å²) in [6.45, 7) is 0. The SMILES string of the molecule is NC(=O)C=Cc1cc2cn[nH]c2cn1. The summed E-state index contributed by atoms with van der Waals surface area (Å²) in [7, 11) is 0. The fourth-order valence-corrected chi connectivity index (χ4v) is 1.12. The fraction of sp³-hybridized carbons (Fsp3) is 0. The van der Waals surface area contributed by atoms with Gasteiger partial charge in [0.25, 0.3) is 0 Å². The Balaban J connectivity index is 2.39. The number of aromatic amines is 1. The Labute approximate surface area is 79.6 Å². The lowest BCUT2D eigenvalue weighted by molar-refractivity contribution is -0.113. The number of nitrogens with one attached hydrogen (secondary N) is 1. The molecule has 2 heterocycles. The monoisotopic (exact) mass is 188 g/mol. The van der Waals surface area contributed by atoms with Crippen LogP contribution in [0, 0.1) is 0 Å². The van der Waals surface area contributed by atoms with Crippen LogP contribution in [0.3, 0.4) is 0 Å². The minimum Gasteiger partial charge on any atom is -0.366 e. The molecule has 5 heteroatoms. The van der Waals surface area contributed by atoms with Gasteiger partial charge in [0.05, 0.1) is 23.6 Å². The molecule has 0 aliphatic carbocycles. The zero-order valence-electron chi connectivity index (χ0n) is 7.27. The molecule has 0 aromatic carbocycles. The van der Waals surface area contributed by atoms with Crippen molar-refractivity contribution in [1.29, 1.82) is 0 Å². The predicted molar refractivity (Wildman–Crippen MR) is 52.1 cm³/mol. The summed E-state index contributed by atoms with van der Waals surface area (Å²) in [4.78, 5) is 14.6. The van der Waals surface area contributed by atoms with Crippen LogP contribution < -0.4 is 5.73 Å². The van der Waals surface area contributed by atoms with Gasteiger partial charge in [0.15, 0.2) is 0 Å². The Morgan fingerprint density at radius 2 is 2.36 bits per heavy atom. The fourth-order valence-electron chi connectivity index (χ4n) is 1.12. The highest BCUT2D eigenvalue weighted by atomic mass is 16.1. The molecule has 0 fully saturated rings. The molecular formula is C9H8N4O. The standard InChI is InChI=1S/C9H8N4O/c10-9(14)2-1-7-3-6-4-12-13-8(6)5-11-7/h1-5H,(H2,10,14)(H,12,13). The second-order valence-electron chi connectivity index (χ2n) is 2.80. The van der Waals surface area contributed by atoms with Crippen LogP contribution in [-0.4, -0.2) is 21.1 Å². The van der Waals surface area contributed by atoms with Crippen molar-refractivity contribution in [1.82, 2.24) is 15.2 Å². The van der Waals surface area contributed by atoms with Crippen molar-refractivity contribution in [2.45, 2.75) is 0 Å². The van der Waals surface area contributed by atoms with E-state index in [0.29, 0.717) is 5.69 Å². The number of nitrogens with two attached hydrogens (primary N) is 1. The molecule has 5 nitrogen and oxygen atoms in total. The molecule has 3 N–H and O–H groups in total. The predicted octanol–water partition coefficient (Wildman–Crippen LogP) is 0.456. The molecule has 14 heavy (non-hydrogen) atoms. The number of carbonyl (C=O) groups is 1. The third kappa shape index (κ3) is 1.61. The Bertz CT molecular complexity index is 500. The zero-order chi connectivity index (χ0) is 9.97. The number of H-pyrrole nitrogens is 1. The molecule has 0 saturated carbocycles. The lowest BCUT2D eigenvalue weighted by atomic mass is 10.2. The van der Waals surface area contributed by atoms with E-state index in [2.05, 4.69) is 15.2 Å². The van der Waals surface area contributed by atoms with E-state index in [1.807, 2.05) is 6.07 Å². The Hall–Kier alpha value is -2.17. The van der Waals surface area contributed by atoms with E-state index in [1.165, 1.54) is 6.08 Å². The smallest absolute Gasteiger partial charge is 0.241 e. The number of hydrogen-bond donors (Lipinski definition) is 2. The number of amides is 1. The van der Waals surface area contributed by atoms with E-state index < -0.39 is 5.91 Å². The van der Waals surface area contributed by atoms with Gasteiger partial charge in [-0.3, -0.25) is 14.9 Å². The molecule has 0 radical (unpaired) electrons. The van der Waals surface area contributed by atoms with Crippen LogP contribution in [-0.2, 0) is 4.79 Å². The molecule has 0 saturated heterocycles. The van der Waals surface area contributed by atoms with E-state index in [1.54, 1.807) is 18.5 Å². The number of rotatable bonds is 2. The number of pyridine rings is 1. The highest BCUT2D eigenvalue weighted by Gasteiger charge is 1.96. The first kappa shape index (κ1) is 8.43. The van der Waals surface area contributed by atoms with Gasteiger partial charge in [0.1, 0.15) is 0 Å². The van der Waals surface area contributed by atoms with Crippen molar-refractivity contribution in [3.63, 3.8) is 0 Å². The third-order valence-electron chi connectivity index (χ3n) is 1.76. The molecule has 0 aliphatic heterocycles. The summed E-state index contributed by atoms with van der Waals surface area (Å²) in [5, 5.41) is 7.59. The van der Waals surface area contributed by atoms with Gasteiger partial charge in [-0.25, -0.2) is 0 Å². The van der Waals surface area contributed by atoms with Gasteiger partial charge in [-0.05, 0) is 12.1 Å². The van der Waals surface area contributed by atoms with Crippen molar-refractivity contribution < 1.29 is 4.79 Å². The molecule has 70 valence electrons. The van der Waals surface area contributed by atoms with E-state index in [-0.39, 0.29) is 0 Å². The van der Waals surface area contributed by atoms with Crippen LogP contribution in [0.5, 0.6) is 0 Å². The number of nitrogens with zero attached hydrogens (tertiary/aromatic N) is 2. The highest BCUT2D eigenvalue weighted by molar-refractivity contribution is 5.90. The largest absolute Gasteiger partial charge is 0.366 e. The maximum atomic E-state index is 10.5. The van der Waals surface area contributed by atoms with Gasteiger partial charge < -0.3 is 5.73 Å². The molecular weight excluding hydrogens is 180 g/mol. The van der Waals surface area contributed by atoms with E-state index in [0.717, 1.165) is 10.9 Å². The maximum Gasteiger partial charge on any atom is 0.241 e. The molecule has 0 atom stereocenters. The molecule has 0 bridgehead atoms.